The number of nitrogens with zero attached hydrogens (tertiary/aromatic N) is 1. The zero-order valence-corrected chi connectivity index (χ0v) is 13.5. The Morgan fingerprint density at radius 3 is 2.37 bits per heavy atom. The summed E-state index contributed by atoms with van der Waals surface area (Å²) in [5, 5.41) is 3.42. The van der Waals surface area contributed by atoms with Crippen LogP contribution in [0.25, 0.3) is 0 Å². The molecule has 3 unspecified atom stereocenters. The van der Waals surface area contributed by atoms with Crippen LogP contribution in [0.2, 0.25) is 0 Å². The number of rotatable bonds is 3. The molecule has 2 aliphatic rings. The zero-order valence-electron chi connectivity index (χ0n) is 13.5. The van der Waals surface area contributed by atoms with Gasteiger partial charge in [0.05, 0.1) is 0 Å². The number of piperidine rings is 1. The third-order valence-corrected chi connectivity index (χ3v) is 5.38. The van der Waals surface area contributed by atoms with Crippen LogP contribution in [0, 0.1) is 11.3 Å². The van der Waals surface area contributed by atoms with Crippen LogP contribution in [0.3, 0.4) is 0 Å². The minimum Gasteiger partial charge on any atom is -0.318 e. The van der Waals surface area contributed by atoms with Crippen LogP contribution in [-0.2, 0) is 0 Å². The topological polar surface area (TPSA) is 15.3 Å². The maximum Gasteiger partial charge on any atom is 0.0223 e. The van der Waals surface area contributed by atoms with Crippen LogP contribution in [0.1, 0.15) is 65.7 Å². The van der Waals surface area contributed by atoms with Crippen molar-refractivity contribution in [3.8, 4) is 0 Å². The molecule has 2 nitrogen and oxygen atoms in total. The fourth-order valence-electron chi connectivity index (χ4n) is 4.43. The fraction of sp³-hybridized carbons (Fsp3) is 1.00. The highest BCUT2D eigenvalue weighted by Crippen LogP contribution is 2.41. The Balaban J connectivity index is 2.10. The largest absolute Gasteiger partial charge is 0.318 e. The first-order chi connectivity index (χ1) is 9.04. The monoisotopic (exact) mass is 266 g/mol. The molecule has 1 saturated carbocycles. The third-order valence-electron chi connectivity index (χ3n) is 5.38. The fourth-order valence-corrected chi connectivity index (χ4v) is 4.43. The van der Waals surface area contributed by atoms with Crippen molar-refractivity contribution in [2.24, 2.45) is 11.3 Å². The van der Waals surface area contributed by atoms with Gasteiger partial charge in [-0.2, -0.15) is 0 Å². The molecule has 0 spiro atoms. The Labute approximate surface area is 120 Å². The maximum absolute atomic E-state index is 3.42. The van der Waals surface area contributed by atoms with E-state index in [0.29, 0.717) is 5.41 Å². The molecular weight excluding hydrogens is 232 g/mol. The van der Waals surface area contributed by atoms with Crippen LogP contribution >= 0.6 is 0 Å². The van der Waals surface area contributed by atoms with Crippen molar-refractivity contribution in [2.75, 3.05) is 20.1 Å². The maximum atomic E-state index is 3.42. The molecule has 0 bridgehead atoms. The van der Waals surface area contributed by atoms with Crippen LogP contribution < -0.4 is 5.32 Å². The molecule has 0 aromatic carbocycles. The Hall–Kier alpha value is -0.0800. The van der Waals surface area contributed by atoms with Crippen LogP contribution in [0.5, 0.6) is 0 Å². The molecule has 0 amide bonds. The molecule has 1 saturated heterocycles. The van der Waals surface area contributed by atoms with E-state index in [1.54, 1.807) is 0 Å². The van der Waals surface area contributed by atoms with E-state index in [4.69, 9.17) is 0 Å². The first-order valence-electron chi connectivity index (χ1n) is 8.44. The van der Waals surface area contributed by atoms with Gasteiger partial charge in [0.1, 0.15) is 0 Å². The first kappa shape index (κ1) is 15.3. The molecule has 1 aliphatic carbocycles. The molecule has 2 fully saturated rings. The molecule has 0 aromatic rings. The van der Waals surface area contributed by atoms with Crippen LogP contribution in [-0.4, -0.2) is 37.1 Å². The first-order valence-corrected chi connectivity index (χ1v) is 8.44. The quantitative estimate of drug-likeness (QED) is 0.838. The molecule has 2 rings (SSSR count). The summed E-state index contributed by atoms with van der Waals surface area (Å²) < 4.78 is 0. The molecule has 3 atom stereocenters. The normalized spacial score (nSPS) is 34.4. The summed E-state index contributed by atoms with van der Waals surface area (Å²) in [7, 11) is 2.11. The second-order valence-corrected chi connectivity index (χ2v) is 7.77. The van der Waals surface area contributed by atoms with Crippen molar-refractivity contribution in [1.82, 2.24) is 10.2 Å². The highest BCUT2D eigenvalue weighted by atomic mass is 15.2. The van der Waals surface area contributed by atoms with Gasteiger partial charge in [-0.05, 0) is 50.6 Å². The van der Waals surface area contributed by atoms with Crippen molar-refractivity contribution < 1.29 is 0 Å². The molecule has 19 heavy (non-hydrogen) atoms. The molecule has 0 radical (unpaired) electrons. The van der Waals surface area contributed by atoms with Gasteiger partial charge in [0.2, 0.25) is 0 Å². The minimum atomic E-state index is 0.465. The van der Waals surface area contributed by atoms with Crippen LogP contribution in [0.4, 0.5) is 0 Å². The highest BCUT2D eigenvalue weighted by Gasteiger charge is 2.39. The molecule has 0 aromatic heterocycles. The van der Waals surface area contributed by atoms with Crippen molar-refractivity contribution in [1.29, 1.82) is 0 Å². The second-order valence-electron chi connectivity index (χ2n) is 7.77. The van der Waals surface area contributed by atoms with Gasteiger partial charge in [-0.1, -0.05) is 40.0 Å². The number of hydrogen-bond donors (Lipinski definition) is 1. The zero-order chi connectivity index (χ0) is 13.9. The lowest BCUT2D eigenvalue weighted by molar-refractivity contribution is -0.000147. The molecular formula is C17H34N2. The van der Waals surface area contributed by atoms with E-state index in [9.17, 15) is 0 Å². The summed E-state index contributed by atoms with van der Waals surface area (Å²) in [5.74, 6) is 0.888. The van der Waals surface area contributed by atoms with E-state index in [-0.39, 0.29) is 0 Å². The summed E-state index contributed by atoms with van der Waals surface area (Å²) in [6.45, 7) is 9.87. The van der Waals surface area contributed by atoms with E-state index in [0.717, 1.165) is 18.0 Å². The molecule has 1 heterocycles. The Morgan fingerprint density at radius 2 is 1.68 bits per heavy atom. The smallest absolute Gasteiger partial charge is 0.0223 e. The summed E-state index contributed by atoms with van der Waals surface area (Å²) in [4.78, 5) is 2.88. The molecule has 1 N–H and O–H groups in total. The van der Waals surface area contributed by atoms with Gasteiger partial charge in [0, 0.05) is 18.6 Å². The predicted molar refractivity (Wildman–Crippen MR) is 83.5 cm³/mol. The van der Waals surface area contributed by atoms with E-state index in [1.807, 2.05) is 0 Å². The third kappa shape index (κ3) is 3.72. The lowest BCUT2D eigenvalue weighted by Gasteiger charge is -2.50. The summed E-state index contributed by atoms with van der Waals surface area (Å²) in [6.07, 6.45) is 10.00. The predicted octanol–water partition coefficient (Wildman–Crippen LogP) is 3.67. The van der Waals surface area contributed by atoms with Gasteiger partial charge in [0.15, 0.2) is 0 Å². The van der Waals surface area contributed by atoms with Crippen molar-refractivity contribution in [2.45, 2.75) is 77.8 Å². The van der Waals surface area contributed by atoms with Crippen molar-refractivity contribution in [3.63, 3.8) is 0 Å². The molecule has 2 heteroatoms. The summed E-state index contributed by atoms with van der Waals surface area (Å²) >= 11 is 0. The standard InChI is InChI=1S/C17H34N2/c1-17(2,3)15-10-5-6-11-16(15)19-12-8-7-9-14(19)13-18-4/h14-16,18H,5-13H2,1-4H3. The Bertz CT molecular complexity index is 267. The number of hydrogen-bond acceptors (Lipinski definition) is 2. The average Bonchev–Trinajstić information content (AvgIpc) is 2.39. The van der Waals surface area contributed by atoms with Crippen molar-refractivity contribution in [3.05, 3.63) is 0 Å². The van der Waals surface area contributed by atoms with Crippen molar-refractivity contribution >= 4 is 0 Å². The number of likely N-dealkylation sites (N-methyl/N-ethyl adjacent to an activating group) is 1. The van der Waals surface area contributed by atoms with E-state index in [2.05, 4.69) is 38.0 Å². The molecule has 112 valence electrons. The minimum absolute atomic E-state index is 0.465. The van der Waals surface area contributed by atoms with Gasteiger partial charge < -0.3 is 5.32 Å². The highest BCUT2D eigenvalue weighted by molar-refractivity contribution is 4.93. The van der Waals surface area contributed by atoms with Gasteiger partial charge in [-0.25, -0.2) is 0 Å². The van der Waals surface area contributed by atoms with Gasteiger partial charge in [0.25, 0.3) is 0 Å². The Morgan fingerprint density at radius 1 is 1.00 bits per heavy atom. The molecule has 1 aliphatic heterocycles. The van der Waals surface area contributed by atoms with Crippen LogP contribution in [0.15, 0.2) is 0 Å². The van der Waals surface area contributed by atoms with E-state index in [1.165, 1.54) is 58.0 Å². The second kappa shape index (κ2) is 6.58. The van der Waals surface area contributed by atoms with Gasteiger partial charge in [-0.3, -0.25) is 4.90 Å². The SMILES string of the molecule is CNCC1CCCCN1C1CCCCC1C(C)(C)C. The lowest BCUT2D eigenvalue weighted by Crippen LogP contribution is -2.55. The van der Waals surface area contributed by atoms with E-state index < -0.39 is 0 Å². The lowest BCUT2D eigenvalue weighted by atomic mass is 9.68. The summed E-state index contributed by atoms with van der Waals surface area (Å²) in [5.41, 5.74) is 0.465. The van der Waals surface area contributed by atoms with E-state index >= 15 is 0 Å². The van der Waals surface area contributed by atoms with Gasteiger partial charge in [-0.15, -0.1) is 0 Å². The number of likely N-dealkylation sites (tertiary alicyclic amines) is 1. The van der Waals surface area contributed by atoms with Gasteiger partial charge >= 0.3 is 0 Å². The number of nitrogens with one attached hydrogen (secondary N) is 1. The average molecular weight is 266 g/mol. The Kier molecular flexibility index (Phi) is 5.30. The summed E-state index contributed by atoms with van der Waals surface area (Å²) in [6, 6.07) is 1.62.